The van der Waals surface area contributed by atoms with E-state index in [-0.39, 0.29) is 23.8 Å². The molecule has 4 N–H and O–H groups in total. The highest BCUT2D eigenvalue weighted by Crippen LogP contribution is 2.29. The number of carbonyl (C=O) groups excluding carboxylic acids is 1. The van der Waals surface area contributed by atoms with Crippen LogP contribution in [0.3, 0.4) is 0 Å². The number of ether oxygens (including phenoxy) is 2. The minimum atomic E-state index is -0.290. The number of hydrogen-bond acceptors (Lipinski definition) is 7. The molecule has 0 aliphatic heterocycles. The third-order valence-corrected chi connectivity index (χ3v) is 5.45. The zero-order valence-electron chi connectivity index (χ0n) is 19.4. The van der Waals surface area contributed by atoms with Crippen molar-refractivity contribution >= 4 is 28.5 Å². The summed E-state index contributed by atoms with van der Waals surface area (Å²) in [6, 6.07) is 5.60. The number of aromatic nitrogens is 2. The lowest BCUT2D eigenvalue weighted by Crippen LogP contribution is -2.38. The number of fused-ring (bicyclic) bond motifs is 1. The van der Waals surface area contributed by atoms with E-state index < -0.39 is 0 Å². The molecule has 174 valence electrons. The number of amides is 1. The molecule has 1 fully saturated rings. The zero-order valence-corrected chi connectivity index (χ0v) is 19.4. The van der Waals surface area contributed by atoms with Gasteiger partial charge in [0.1, 0.15) is 24.0 Å². The topological polar surface area (TPSA) is 124 Å². The van der Waals surface area contributed by atoms with E-state index in [1.165, 1.54) is 0 Å². The monoisotopic (exact) mass is 442 g/mol. The van der Waals surface area contributed by atoms with E-state index in [0.29, 0.717) is 42.0 Å². The maximum atomic E-state index is 12.7. The Morgan fingerprint density at radius 3 is 2.75 bits per heavy atom. The van der Waals surface area contributed by atoms with Crippen LogP contribution < -0.4 is 21.1 Å². The van der Waals surface area contributed by atoms with Crippen LogP contribution in [0.2, 0.25) is 0 Å². The van der Waals surface area contributed by atoms with E-state index in [9.17, 15) is 4.79 Å². The quantitative estimate of drug-likeness (QED) is 0.403. The Morgan fingerprint density at radius 1 is 1.25 bits per heavy atom. The second-order valence-corrected chi connectivity index (χ2v) is 8.54. The van der Waals surface area contributed by atoms with Gasteiger partial charge in [0.2, 0.25) is 5.82 Å². The second kappa shape index (κ2) is 11.1. The van der Waals surface area contributed by atoms with Crippen LogP contribution in [0.4, 0.5) is 5.82 Å². The first-order chi connectivity index (χ1) is 15.4. The maximum Gasteiger partial charge on any atom is 0.289 e. The summed E-state index contributed by atoms with van der Waals surface area (Å²) in [5.41, 5.74) is 6.70. The van der Waals surface area contributed by atoms with Gasteiger partial charge in [-0.3, -0.25) is 9.79 Å². The fraction of sp³-hybridized carbons (Fsp3) is 0.565. The number of aliphatic imine (C=N–C) groups is 1. The van der Waals surface area contributed by atoms with Crippen molar-refractivity contribution in [1.29, 1.82) is 0 Å². The van der Waals surface area contributed by atoms with E-state index in [0.717, 1.165) is 31.1 Å². The molecule has 0 spiro atoms. The molecule has 1 aromatic heterocycles. The fourth-order valence-electron chi connectivity index (χ4n) is 3.83. The summed E-state index contributed by atoms with van der Waals surface area (Å²) in [5, 5.41) is 7.23. The summed E-state index contributed by atoms with van der Waals surface area (Å²) >= 11 is 0. The Morgan fingerprint density at radius 2 is 2.03 bits per heavy atom. The Balaban J connectivity index is 1.96. The highest BCUT2D eigenvalue weighted by atomic mass is 16.5. The minimum absolute atomic E-state index is 0.00717. The van der Waals surface area contributed by atoms with Gasteiger partial charge >= 0.3 is 0 Å². The smallest absolute Gasteiger partial charge is 0.289 e. The van der Waals surface area contributed by atoms with E-state index in [1.54, 1.807) is 14.2 Å². The number of hydrogen-bond donors (Lipinski definition) is 3. The molecular formula is C23H34N6O3. The summed E-state index contributed by atoms with van der Waals surface area (Å²) in [5.74, 6) is 1.96. The van der Waals surface area contributed by atoms with Crippen molar-refractivity contribution in [3.8, 4) is 5.75 Å². The van der Waals surface area contributed by atoms with Crippen LogP contribution in [-0.4, -0.2) is 61.2 Å². The zero-order chi connectivity index (χ0) is 23.1. The lowest BCUT2D eigenvalue weighted by molar-refractivity contribution is 0.0939. The van der Waals surface area contributed by atoms with Gasteiger partial charge < -0.3 is 25.8 Å². The molecule has 2 aromatic rings. The van der Waals surface area contributed by atoms with Gasteiger partial charge in [0, 0.05) is 25.1 Å². The van der Waals surface area contributed by atoms with Crippen LogP contribution in [0.5, 0.6) is 5.75 Å². The normalized spacial score (nSPS) is 19.2. The predicted molar refractivity (Wildman–Crippen MR) is 126 cm³/mol. The molecule has 1 amide bonds. The van der Waals surface area contributed by atoms with Gasteiger partial charge in [-0.25, -0.2) is 9.97 Å². The van der Waals surface area contributed by atoms with Crippen molar-refractivity contribution in [2.75, 3.05) is 32.7 Å². The number of carbonyl (C=O) groups is 1. The van der Waals surface area contributed by atoms with Crippen molar-refractivity contribution in [3.63, 3.8) is 0 Å². The van der Waals surface area contributed by atoms with Gasteiger partial charge in [-0.15, -0.1) is 0 Å². The van der Waals surface area contributed by atoms with E-state index in [4.69, 9.17) is 15.2 Å². The van der Waals surface area contributed by atoms with E-state index in [1.807, 2.05) is 32.0 Å². The third kappa shape index (κ3) is 6.06. The van der Waals surface area contributed by atoms with Crippen molar-refractivity contribution in [3.05, 3.63) is 24.0 Å². The Labute approximate surface area is 189 Å². The summed E-state index contributed by atoms with van der Waals surface area (Å²) in [4.78, 5) is 26.5. The molecule has 0 bridgehead atoms. The first kappa shape index (κ1) is 23.7. The molecule has 1 saturated carbocycles. The van der Waals surface area contributed by atoms with Crippen molar-refractivity contribution in [1.82, 2.24) is 15.3 Å². The number of nitrogens with zero attached hydrogens (tertiary/aromatic N) is 3. The minimum Gasteiger partial charge on any atom is -0.497 e. The molecule has 1 aliphatic carbocycles. The maximum absolute atomic E-state index is 12.7. The molecule has 0 unspecified atom stereocenters. The van der Waals surface area contributed by atoms with E-state index >= 15 is 0 Å². The van der Waals surface area contributed by atoms with Crippen molar-refractivity contribution in [2.24, 2.45) is 16.6 Å². The number of rotatable bonds is 9. The van der Waals surface area contributed by atoms with Crippen molar-refractivity contribution in [2.45, 2.75) is 51.6 Å². The average molecular weight is 443 g/mol. The van der Waals surface area contributed by atoms with Crippen LogP contribution in [0.15, 0.2) is 23.2 Å². The summed E-state index contributed by atoms with van der Waals surface area (Å²) in [6.07, 6.45) is 4.03. The highest BCUT2D eigenvalue weighted by molar-refractivity contribution is 5.97. The van der Waals surface area contributed by atoms with Gasteiger partial charge in [-0.2, -0.15) is 0 Å². The third-order valence-electron chi connectivity index (χ3n) is 5.45. The Kier molecular flexibility index (Phi) is 8.21. The average Bonchev–Trinajstić information content (AvgIpc) is 2.78. The molecule has 1 heterocycles. The molecule has 32 heavy (non-hydrogen) atoms. The number of anilines is 1. The lowest BCUT2D eigenvalue weighted by atomic mass is 9.90. The molecule has 9 heteroatoms. The first-order valence-electron chi connectivity index (χ1n) is 11.1. The molecule has 0 saturated heterocycles. The van der Waals surface area contributed by atoms with Gasteiger partial charge in [0.25, 0.3) is 5.91 Å². The number of nitrogens with two attached hydrogens (primary N) is 1. The lowest BCUT2D eigenvalue weighted by Gasteiger charge is -2.30. The summed E-state index contributed by atoms with van der Waals surface area (Å²) in [7, 11) is 3.22. The molecular weight excluding hydrogens is 408 g/mol. The molecule has 1 aromatic carbocycles. The Hall–Kier alpha value is -2.94. The molecule has 3 rings (SSSR count). The molecule has 2 atom stereocenters. The van der Waals surface area contributed by atoms with E-state index in [2.05, 4.69) is 25.6 Å². The van der Waals surface area contributed by atoms with Crippen LogP contribution in [0.25, 0.3) is 10.9 Å². The summed E-state index contributed by atoms with van der Waals surface area (Å²) < 4.78 is 10.5. The largest absolute Gasteiger partial charge is 0.497 e. The fourth-order valence-corrected chi connectivity index (χ4v) is 3.83. The molecule has 1 aliphatic rings. The van der Waals surface area contributed by atoms with Crippen LogP contribution in [-0.2, 0) is 4.74 Å². The number of methoxy groups -OCH3 is 2. The second-order valence-electron chi connectivity index (χ2n) is 8.54. The van der Waals surface area contributed by atoms with Crippen LogP contribution in [0.1, 0.15) is 50.1 Å². The van der Waals surface area contributed by atoms with Gasteiger partial charge in [-0.05, 0) is 37.0 Å². The van der Waals surface area contributed by atoms with Crippen molar-refractivity contribution < 1.29 is 14.3 Å². The van der Waals surface area contributed by atoms with Crippen LogP contribution >= 0.6 is 0 Å². The molecule has 0 radical (unpaired) electrons. The number of nitrogens with one attached hydrogen (secondary N) is 2. The highest BCUT2D eigenvalue weighted by Gasteiger charge is 2.26. The first-order valence-corrected chi connectivity index (χ1v) is 11.1. The SMILES string of the molecule is COCC(N)=N[C@@H]1CCCC[C@@H]1Nc1nc(C(=O)NCC(C)C)nc2ccc(OC)cc12. The predicted octanol–water partition coefficient (Wildman–Crippen LogP) is 2.75. The number of benzene rings is 1. The standard InChI is InChI=1S/C23H34N6O3/c1-14(2)12-25-23(30)22-27-17-10-9-15(32-4)11-16(17)21(29-22)28-19-8-6-5-7-18(19)26-20(24)13-31-3/h9-11,14,18-19H,5-8,12-13H2,1-4H3,(H2,24,26)(H,25,30)(H,27,28,29)/t18-,19+/m1/s1. The van der Waals surface area contributed by atoms with Gasteiger partial charge in [0.05, 0.1) is 18.7 Å². The van der Waals surface area contributed by atoms with Crippen LogP contribution in [0, 0.1) is 5.92 Å². The van der Waals surface area contributed by atoms with Gasteiger partial charge in [-0.1, -0.05) is 26.7 Å². The van der Waals surface area contributed by atoms with Gasteiger partial charge in [0.15, 0.2) is 0 Å². The summed E-state index contributed by atoms with van der Waals surface area (Å²) in [6.45, 7) is 4.94. The molecule has 9 nitrogen and oxygen atoms in total. The number of amidine groups is 1. The Bertz CT molecular complexity index is 962.